The van der Waals surface area contributed by atoms with Gasteiger partial charge in [-0.3, -0.25) is 14.3 Å². The first kappa shape index (κ1) is 25.2. The first-order valence-corrected chi connectivity index (χ1v) is 12.7. The van der Waals surface area contributed by atoms with Crippen molar-refractivity contribution in [3.8, 4) is 11.3 Å². The molecule has 0 bridgehead atoms. The smallest absolute Gasteiger partial charge is 0.254 e. The SMILES string of the molecule is Cn1cc(C(C)(C)NC(=O)CN2Cc3ccc(-c4nc(NC5CCOCC5)ncc4Cl)cc3C2=O)cn1. The van der Waals surface area contributed by atoms with Gasteiger partial charge in [-0.05, 0) is 38.3 Å². The summed E-state index contributed by atoms with van der Waals surface area (Å²) in [5.41, 5.74) is 2.95. The molecule has 2 aliphatic rings. The number of fused-ring (bicyclic) bond motifs is 1. The Bertz CT molecular complexity index is 1330. The lowest BCUT2D eigenvalue weighted by atomic mass is 9.98. The number of nitrogens with zero attached hydrogens (tertiary/aromatic N) is 5. The summed E-state index contributed by atoms with van der Waals surface area (Å²) in [6, 6.07) is 5.83. The van der Waals surface area contributed by atoms with Crippen molar-refractivity contribution in [2.45, 2.75) is 44.8 Å². The molecule has 1 fully saturated rings. The average molecular weight is 524 g/mol. The number of halogens is 1. The molecule has 37 heavy (non-hydrogen) atoms. The van der Waals surface area contributed by atoms with Crippen LogP contribution in [0.4, 0.5) is 5.95 Å². The second-order valence-corrected chi connectivity index (χ2v) is 10.4. The van der Waals surface area contributed by atoms with Crippen LogP contribution in [0.5, 0.6) is 0 Å². The maximum atomic E-state index is 13.2. The molecule has 2 aromatic heterocycles. The highest BCUT2D eigenvalue weighted by molar-refractivity contribution is 6.33. The maximum Gasteiger partial charge on any atom is 0.254 e. The number of carbonyl (C=O) groups is 2. The number of nitrogens with one attached hydrogen (secondary N) is 2. The van der Waals surface area contributed by atoms with E-state index in [0.717, 1.165) is 29.5 Å². The van der Waals surface area contributed by atoms with Crippen molar-refractivity contribution in [2.75, 3.05) is 25.1 Å². The Hall–Kier alpha value is -3.50. The van der Waals surface area contributed by atoms with Crippen LogP contribution in [0.25, 0.3) is 11.3 Å². The Balaban J connectivity index is 1.29. The van der Waals surface area contributed by atoms with Gasteiger partial charge in [-0.2, -0.15) is 5.10 Å². The van der Waals surface area contributed by atoms with Crippen molar-refractivity contribution < 1.29 is 14.3 Å². The van der Waals surface area contributed by atoms with Crippen molar-refractivity contribution in [3.05, 3.63) is 58.5 Å². The van der Waals surface area contributed by atoms with Crippen LogP contribution in [0, 0.1) is 0 Å². The van der Waals surface area contributed by atoms with Gasteiger partial charge >= 0.3 is 0 Å². The molecule has 0 aliphatic carbocycles. The standard InChI is InChI=1S/C26H30ClN7O3/c1-26(2,18-11-29-33(3)14-18)32-22(35)15-34-13-17-5-4-16(10-20(17)24(34)36)23-21(27)12-28-25(31-23)30-19-6-8-37-9-7-19/h4-5,10-12,14,19H,6-9,13,15H2,1-3H3,(H,32,35)(H,28,30,31). The topological polar surface area (TPSA) is 114 Å². The van der Waals surface area contributed by atoms with Crippen LogP contribution < -0.4 is 10.6 Å². The van der Waals surface area contributed by atoms with Crippen molar-refractivity contribution >= 4 is 29.4 Å². The summed E-state index contributed by atoms with van der Waals surface area (Å²) < 4.78 is 7.10. The van der Waals surface area contributed by atoms with Gasteiger partial charge in [-0.15, -0.1) is 0 Å². The van der Waals surface area contributed by atoms with Gasteiger partial charge in [0.15, 0.2) is 0 Å². The van der Waals surface area contributed by atoms with Crippen LogP contribution in [0.1, 0.15) is 48.2 Å². The van der Waals surface area contributed by atoms with E-state index in [-0.39, 0.29) is 24.4 Å². The molecule has 194 valence electrons. The minimum absolute atomic E-state index is 0.0417. The fraction of sp³-hybridized carbons (Fsp3) is 0.423. The van der Waals surface area contributed by atoms with Gasteiger partial charge in [0.25, 0.3) is 5.91 Å². The summed E-state index contributed by atoms with van der Waals surface area (Å²) in [6.07, 6.45) is 6.93. The van der Waals surface area contributed by atoms with E-state index >= 15 is 0 Å². The molecule has 2 aliphatic heterocycles. The zero-order valence-electron chi connectivity index (χ0n) is 21.1. The highest BCUT2D eigenvalue weighted by atomic mass is 35.5. The summed E-state index contributed by atoms with van der Waals surface area (Å²) in [5.74, 6) is 0.0578. The van der Waals surface area contributed by atoms with Crippen molar-refractivity contribution in [1.82, 2.24) is 30.0 Å². The Morgan fingerprint density at radius 1 is 1.24 bits per heavy atom. The molecule has 11 heteroatoms. The third kappa shape index (κ3) is 5.45. The van der Waals surface area contributed by atoms with Gasteiger partial charge in [-0.25, -0.2) is 9.97 Å². The molecule has 5 rings (SSSR count). The van der Waals surface area contributed by atoms with Crippen molar-refractivity contribution in [1.29, 1.82) is 0 Å². The zero-order chi connectivity index (χ0) is 26.2. The molecule has 1 aromatic carbocycles. The van der Waals surface area contributed by atoms with E-state index in [2.05, 4.69) is 25.7 Å². The molecule has 4 heterocycles. The van der Waals surface area contributed by atoms with Gasteiger partial charge in [0, 0.05) is 55.7 Å². The molecule has 0 unspecified atom stereocenters. The molecule has 3 aromatic rings. The van der Waals surface area contributed by atoms with Crippen LogP contribution in [0.15, 0.2) is 36.8 Å². The lowest BCUT2D eigenvalue weighted by Gasteiger charge is -2.26. The molecular formula is C26H30ClN7O3. The van der Waals surface area contributed by atoms with E-state index in [4.69, 9.17) is 16.3 Å². The number of amides is 2. The molecule has 2 amide bonds. The third-order valence-corrected chi connectivity index (χ3v) is 7.05. The minimum atomic E-state index is -0.617. The van der Waals surface area contributed by atoms with Gasteiger partial charge in [0.05, 0.1) is 28.6 Å². The largest absolute Gasteiger partial charge is 0.381 e. The van der Waals surface area contributed by atoms with Gasteiger partial charge in [0.1, 0.15) is 6.54 Å². The van der Waals surface area contributed by atoms with E-state index in [1.165, 1.54) is 0 Å². The number of aromatic nitrogens is 4. The highest BCUT2D eigenvalue weighted by Crippen LogP contribution is 2.32. The predicted octanol–water partition coefficient (Wildman–Crippen LogP) is 3.13. The Morgan fingerprint density at radius 3 is 2.76 bits per heavy atom. The average Bonchev–Trinajstić information content (AvgIpc) is 3.44. The summed E-state index contributed by atoms with van der Waals surface area (Å²) in [6.45, 7) is 5.56. The zero-order valence-corrected chi connectivity index (χ0v) is 21.9. The molecule has 10 nitrogen and oxygen atoms in total. The number of rotatable bonds is 7. The molecular weight excluding hydrogens is 494 g/mol. The number of ether oxygens (including phenoxy) is 1. The lowest BCUT2D eigenvalue weighted by Crippen LogP contribution is -2.46. The highest BCUT2D eigenvalue weighted by Gasteiger charge is 2.31. The predicted molar refractivity (Wildman–Crippen MR) is 139 cm³/mol. The normalized spacial score (nSPS) is 16.1. The molecule has 0 spiro atoms. The first-order valence-electron chi connectivity index (χ1n) is 12.3. The second-order valence-electron chi connectivity index (χ2n) is 10.0. The maximum absolute atomic E-state index is 13.2. The molecule has 0 saturated carbocycles. The van der Waals surface area contributed by atoms with E-state index in [0.29, 0.717) is 42.0 Å². The Morgan fingerprint density at radius 2 is 2.03 bits per heavy atom. The number of anilines is 1. The van der Waals surface area contributed by atoms with E-state index in [9.17, 15) is 9.59 Å². The van der Waals surface area contributed by atoms with Crippen LogP contribution in [0.3, 0.4) is 0 Å². The lowest BCUT2D eigenvalue weighted by molar-refractivity contribution is -0.123. The number of hydrogen-bond acceptors (Lipinski definition) is 7. The Labute approximate surface area is 220 Å². The van der Waals surface area contributed by atoms with Gasteiger partial charge in [0.2, 0.25) is 11.9 Å². The quantitative estimate of drug-likeness (QED) is 0.489. The number of aryl methyl sites for hydroxylation is 1. The third-order valence-electron chi connectivity index (χ3n) is 6.77. The van der Waals surface area contributed by atoms with Crippen molar-refractivity contribution in [2.24, 2.45) is 7.05 Å². The van der Waals surface area contributed by atoms with E-state index < -0.39 is 5.54 Å². The number of carbonyl (C=O) groups excluding carboxylic acids is 2. The summed E-state index contributed by atoms with van der Waals surface area (Å²) in [7, 11) is 1.83. The number of benzene rings is 1. The van der Waals surface area contributed by atoms with Crippen LogP contribution in [-0.4, -0.2) is 62.3 Å². The molecule has 0 radical (unpaired) electrons. The van der Waals surface area contributed by atoms with Crippen molar-refractivity contribution in [3.63, 3.8) is 0 Å². The number of hydrogen-bond donors (Lipinski definition) is 2. The van der Waals surface area contributed by atoms with E-state index in [1.54, 1.807) is 28.0 Å². The monoisotopic (exact) mass is 523 g/mol. The Kier molecular flexibility index (Phi) is 6.87. The fourth-order valence-corrected chi connectivity index (χ4v) is 4.88. The minimum Gasteiger partial charge on any atom is -0.381 e. The first-order chi connectivity index (χ1) is 17.7. The summed E-state index contributed by atoms with van der Waals surface area (Å²) >= 11 is 6.44. The molecule has 2 N–H and O–H groups in total. The van der Waals surface area contributed by atoms with Crippen LogP contribution in [-0.2, 0) is 28.7 Å². The summed E-state index contributed by atoms with van der Waals surface area (Å²) in [5, 5.41) is 10.9. The van der Waals surface area contributed by atoms with Gasteiger partial charge < -0.3 is 20.3 Å². The van der Waals surface area contributed by atoms with Crippen LogP contribution >= 0.6 is 11.6 Å². The van der Waals surface area contributed by atoms with E-state index in [1.807, 2.05) is 39.2 Å². The molecule has 1 saturated heterocycles. The van der Waals surface area contributed by atoms with Gasteiger partial charge in [-0.1, -0.05) is 23.7 Å². The van der Waals surface area contributed by atoms with Crippen LogP contribution in [0.2, 0.25) is 5.02 Å². The molecule has 0 atom stereocenters. The second kappa shape index (κ2) is 10.1. The summed E-state index contributed by atoms with van der Waals surface area (Å²) in [4.78, 5) is 36.6. The fourth-order valence-electron chi connectivity index (χ4n) is 4.68.